The van der Waals surface area contributed by atoms with Crippen LogP contribution in [0.4, 0.5) is 0 Å². The zero-order chi connectivity index (χ0) is 13.7. The predicted molar refractivity (Wildman–Crippen MR) is 88.4 cm³/mol. The summed E-state index contributed by atoms with van der Waals surface area (Å²) in [7, 11) is 0. The van der Waals surface area contributed by atoms with Crippen molar-refractivity contribution in [1.29, 1.82) is 0 Å². The quantitative estimate of drug-likeness (QED) is 0.277. The third-order valence-electron chi connectivity index (χ3n) is 4.36. The maximum Gasteiger partial charge on any atom is -0.00696 e. The summed E-state index contributed by atoms with van der Waals surface area (Å²) in [6.07, 6.45) is 0. The minimum absolute atomic E-state index is 1.32. The second kappa shape index (κ2) is 4.08. The first-order chi connectivity index (χ1) is 9.75. The summed E-state index contributed by atoms with van der Waals surface area (Å²) in [5.74, 6) is 0. The van der Waals surface area contributed by atoms with Crippen LogP contribution in [0.15, 0.2) is 60.7 Å². The van der Waals surface area contributed by atoms with Crippen LogP contribution in [-0.2, 0) is 0 Å². The number of fused-ring (bicyclic) bond motifs is 4. The molecule has 0 N–H and O–H groups in total. The molecule has 20 heavy (non-hydrogen) atoms. The first kappa shape index (κ1) is 11.5. The molecule has 0 aliphatic carbocycles. The molecule has 4 aromatic carbocycles. The van der Waals surface area contributed by atoms with E-state index in [1.54, 1.807) is 0 Å². The van der Waals surface area contributed by atoms with Crippen molar-refractivity contribution in [2.75, 3.05) is 0 Å². The second-order valence-corrected chi connectivity index (χ2v) is 5.56. The van der Waals surface area contributed by atoms with Crippen LogP contribution in [0.5, 0.6) is 0 Å². The Morgan fingerprint density at radius 3 is 2.30 bits per heavy atom. The van der Waals surface area contributed by atoms with Crippen LogP contribution in [0.3, 0.4) is 0 Å². The molecule has 0 nitrogen and oxygen atoms in total. The highest BCUT2D eigenvalue weighted by molar-refractivity contribution is 6.15. The average molecular weight is 256 g/mol. The van der Waals surface area contributed by atoms with E-state index in [1.165, 1.54) is 43.4 Å². The Bertz CT molecular complexity index is 962. The van der Waals surface area contributed by atoms with Gasteiger partial charge in [0.2, 0.25) is 0 Å². The van der Waals surface area contributed by atoms with Crippen molar-refractivity contribution >= 4 is 32.3 Å². The lowest BCUT2D eigenvalue weighted by Crippen LogP contribution is -1.86. The molecule has 0 aliphatic rings. The average Bonchev–Trinajstić information content (AvgIpc) is 2.47. The standard InChI is InChI=1S/C20H16/c1-13-6-5-9-19-17(13)11-10-16-12-15-7-3-4-8-18(15)14(2)20(16)19/h3-12H,1-2H3. The first-order valence-corrected chi connectivity index (χ1v) is 7.06. The molecular formula is C20H16. The predicted octanol–water partition coefficient (Wildman–Crippen LogP) is 5.76. The van der Waals surface area contributed by atoms with Gasteiger partial charge >= 0.3 is 0 Å². The van der Waals surface area contributed by atoms with E-state index in [0.717, 1.165) is 0 Å². The van der Waals surface area contributed by atoms with Crippen LogP contribution >= 0.6 is 0 Å². The molecule has 0 aromatic heterocycles. The fourth-order valence-electron chi connectivity index (χ4n) is 3.34. The molecule has 0 heteroatoms. The molecule has 0 saturated heterocycles. The molecule has 0 radical (unpaired) electrons. The van der Waals surface area contributed by atoms with Gasteiger partial charge in [0.1, 0.15) is 0 Å². The number of hydrogen-bond acceptors (Lipinski definition) is 0. The van der Waals surface area contributed by atoms with E-state index < -0.39 is 0 Å². The zero-order valence-corrected chi connectivity index (χ0v) is 11.8. The van der Waals surface area contributed by atoms with Gasteiger partial charge in [0.25, 0.3) is 0 Å². The Morgan fingerprint density at radius 2 is 1.40 bits per heavy atom. The van der Waals surface area contributed by atoms with Crippen LogP contribution in [-0.4, -0.2) is 0 Å². The lowest BCUT2D eigenvalue weighted by atomic mass is 9.92. The van der Waals surface area contributed by atoms with Gasteiger partial charge in [0.15, 0.2) is 0 Å². The largest absolute Gasteiger partial charge is 0.0616 e. The highest BCUT2D eigenvalue weighted by Gasteiger charge is 2.08. The van der Waals surface area contributed by atoms with Crippen molar-refractivity contribution in [2.24, 2.45) is 0 Å². The van der Waals surface area contributed by atoms with Gasteiger partial charge in [0, 0.05) is 0 Å². The normalized spacial score (nSPS) is 11.5. The number of hydrogen-bond donors (Lipinski definition) is 0. The minimum atomic E-state index is 1.32. The molecule has 0 unspecified atom stereocenters. The van der Waals surface area contributed by atoms with Crippen molar-refractivity contribution in [1.82, 2.24) is 0 Å². The van der Waals surface area contributed by atoms with Gasteiger partial charge in [-0.25, -0.2) is 0 Å². The summed E-state index contributed by atoms with van der Waals surface area (Å²) in [5.41, 5.74) is 2.73. The molecule has 4 aromatic rings. The molecule has 0 amide bonds. The lowest BCUT2D eigenvalue weighted by Gasteiger charge is -2.12. The van der Waals surface area contributed by atoms with E-state index in [9.17, 15) is 0 Å². The fourth-order valence-corrected chi connectivity index (χ4v) is 3.34. The summed E-state index contributed by atoms with van der Waals surface area (Å²) < 4.78 is 0. The highest BCUT2D eigenvalue weighted by atomic mass is 14.1. The Hall–Kier alpha value is -2.34. The van der Waals surface area contributed by atoms with E-state index >= 15 is 0 Å². The summed E-state index contributed by atoms with van der Waals surface area (Å²) in [5, 5.41) is 8.13. The molecule has 0 fully saturated rings. The summed E-state index contributed by atoms with van der Waals surface area (Å²) in [6, 6.07) is 22.0. The smallest absolute Gasteiger partial charge is 0.00696 e. The molecule has 4 rings (SSSR count). The number of rotatable bonds is 0. The van der Waals surface area contributed by atoms with Crippen molar-refractivity contribution in [3.8, 4) is 0 Å². The van der Waals surface area contributed by atoms with Crippen LogP contribution in [0.2, 0.25) is 0 Å². The maximum atomic E-state index is 2.30. The van der Waals surface area contributed by atoms with Crippen molar-refractivity contribution in [2.45, 2.75) is 13.8 Å². The highest BCUT2D eigenvalue weighted by Crippen LogP contribution is 2.34. The SMILES string of the molecule is Cc1cccc2c1ccc1cc3ccccc3c(C)c12. The van der Waals surface area contributed by atoms with Gasteiger partial charge < -0.3 is 0 Å². The third kappa shape index (κ3) is 1.48. The minimum Gasteiger partial charge on any atom is -0.0616 e. The van der Waals surface area contributed by atoms with E-state index in [4.69, 9.17) is 0 Å². The van der Waals surface area contributed by atoms with Crippen molar-refractivity contribution in [3.05, 3.63) is 71.8 Å². The summed E-state index contributed by atoms with van der Waals surface area (Å²) >= 11 is 0. The van der Waals surface area contributed by atoms with Crippen LogP contribution in [0, 0.1) is 13.8 Å². The van der Waals surface area contributed by atoms with Gasteiger partial charge in [-0.1, -0.05) is 54.6 Å². The van der Waals surface area contributed by atoms with E-state index in [0.29, 0.717) is 0 Å². The Balaban J connectivity index is 2.33. The molecule has 0 bridgehead atoms. The van der Waals surface area contributed by atoms with Crippen LogP contribution < -0.4 is 0 Å². The Labute approximate surface area is 118 Å². The third-order valence-corrected chi connectivity index (χ3v) is 4.36. The van der Waals surface area contributed by atoms with E-state index in [1.807, 2.05) is 0 Å². The molecule has 0 saturated carbocycles. The fraction of sp³-hybridized carbons (Fsp3) is 0.100. The lowest BCUT2D eigenvalue weighted by molar-refractivity contribution is 1.53. The topological polar surface area (TPSA) is 0 Å². The van der Waals surface area contributed by atoms with Gasteiger partial charge in [-0.05, 0) is 63.4 Å². The second-order valence-electron chi connectivity index (χ2n) is 5.56. The molecular weight excluding hydrogens is 240 g/mol. The number of benzene rings is 4. The summed E-state index contributed by atoms with van der Waals surface area (Å²) in [4.78, 5) is 0. The van der Waals surface area contributed by atoms with Crippen molar-refractivity contribution < 1.29 is 0 Å². The van der Waals surface area contributed by atoms with E-state index in [2.05, 4.69) is 74.5 Å². The van der Waals surface area contributed by atoms with Gasteiger partial charge in [-0.15, -0.1) is 0 Å². The monoisotopic (exact) mass is 256 g/mol. The maximum absolute atomic E-state index is 2.30. The molecule has 0 aliphatic heterocycles. The molecule has 0 spiro atoms. The van der Waals surface area contributed by atoms with Crippen molar-refractivity contribution in [3.63, 3.8) is 0 Å². The zero-order valence-electron chi connectivity index (χ0n) is 11.8. The molecule has 0 heterocycles. The molecule has 0 atom stereocenters. The van der Waals surface area contributed by atoms with Gasteiger partial charge in [-0.2, -0.15) is 0 Å². The molecule has 96 valence electrons. The van der Waals surface area contributed by atoms with E-state index in [-0.39, 0.29) is 0 Å². The first-order valence-electron chi connectivity index (χ1n) is 7.06. The van der Waals surface area contributed by atoms with Crippen LogP contribution in [0.1, 0.15) is 11.1 Å². The van der Waals surface area contributed by atoms with Crippen LogP contribution in [0.25, 0.3) is 32.3 Å². The Kier molecular flexibility index (Phi) is 2.34. The summed E-state index contributed by atoms with van der Waals surface area (Å²) in [6.45, 7) is 4.43. The Morgan fingerprint density at radius 1 is 0.600 bits per heavy atom. The van der Waals surface area contributed by atoms with Gasteiger partial charge in [0.05, 0.1) is 0 Å². The van der Waals surface area contributed by atoms with Gasteiger partial charge in [-0.3, -0.25) is 0 Å². The number of aryl methyl sites for hydroxylation is 2.